The quantitative estimate of drug-likeness (QED) is 0.236. The van der Waals surface area contributed by atoms with Gasteiger partial charge in [0.05, 0.1) is 6.54 Å². The van der Waals surface area contributed by atoms with Crippen LogP contribution in [0.3, 0.4) is 0 Å². The lowest BCUT2D eigenvalue weighted by molar-refractivity contribution is 0.322. The third kappa shape index (κ3) is 6.55. The number of hydrogen-bond acceptors (Lipinski definition) is 4. The van der Waals surface area contributed by atoms with Gasteiger partial charge in [-0.1, -0.05) is 18.2 Å². The van der Waals surface area contributed by atoms with Gasteiger partial charge in [0, 0.05) is 32.2 Å². The SMILES string of the molecule is CN=C(NCCOc1ccccc1)NCc1ccnc(-n2cccn2)c1.I. The Labute approximate surface area is 175 Å². The van der Waals surface area contributed by atoms with Crippen LogP contribution in [0.25, 0.3) is 5.82 Å². The zero-order valence-electron chi connectivity index (χ0n) is 15.1. The molecule has 0 spiro atoms. The number of aromatic nitrogens is 3. The Morgan fingerprint density at radius 1 is 1.11 bits per heavy atom. The molecule has 0 unspecified atom stereocenters. The Morgan fingerprint density at radius 3 is 2.70 bits per heavy atom. The summed E-state index contributed by atoms with van der Waals surface area (Å²) in [6, 6.07) is 15.6. The number of nitrogens with one attached hydrogen (secondary N) is 2. The molecule has 1 aromatic carbocycles. The fourth-order valence-electron chi connectivity index (χ4n) is 2.36. The summed E-state index contributed by atoms with van der Waals surface area (Å²) in [5.74, 6) is 2.37. The van der Waals surface area contributed by atoms with E-state index in [0.717, 1.165) is 23.1 Å². The molecular weight excluding hydrogens is 455 g/mol. The number of halogens is 1. The Kier molecular flexibility index (Phi) is 8.56. The Hall–Kier alpha value is -2.62. The summed E-state index contributed by atoms with van der Waals surface area (Å²) in [6.07, 6.45) is 5.38. The monoisotopic (exact) mass is 478 g/mol. The molecule has 3 aromatic rings. The Balaban J connectivity index is 0.00000261. The summed E-state index contributed by atoms with van der Waals surface area (Å²) in [6.45, 7) is 1.85. The van der Waals surface area contributed by atoms with Crippen LogP contribution in [0.5, 0.6) is 5.75 Å². The lowest BCUT2D eigenvalue weighted by atomic mass is 10.2. The van der Waals surface area contributed by atoms with Crippen molar-refractivity contribution >= 4 is 29.9 Å². The molecule has 0 aliphatic heterocycles. The third-order valence-corrected chi connectivity index (χ3v) is 3.64. The highest BCUT2D eigenvalue weighted by Crippen LogP contribution is 2.07. The number of rotatable bonds is 7. The molecule has 142 valence electrons. The summed E-state index contributed by atoms with van der Waals surface area (Å²) < 4.78 is 7.39. The summed E-state index contributed by atoms with van der Waals surface area (Å²) in [4.78, 5) is 8.55. The van der Waals surface area contributed by atoms with Crippen LogP contribution in [0, 0.1) is 0 Å². The molecule has 27 heavy (non-hydrogen) atoms. The van der Waals surface area contributed by atoms with Crippen molar-refractivity contribution in [2.45, 2.75) is 6.54 Å². The smallest absolute Gasteiger partial charge is 0.191 e. The van der Waals surface area contributed by atoms with Crippen molar-refractivity contribution in [1.29, 1.82) is 0 Å². The van der Waals surface area contributed by atoms with Gasteiger partial charge < -0.3 is 15.4 Å². The Bertz CT molecular complexity index is 823. The first kappa shape index (κ1) is 20.7. The zero-order chi connectivity index (χ0) is 18.0. The van der Waals surface area contributed by atoms with Crippen LogP contribution in [0.2, 0.25) is 0 Å². The van der Waals surface area contributed by atoms with Crippen molar-refractivity contribution in [2.75, 3.05) is 20.2 Å². The molecule has 0 atom stereocenters. The predicted molar refractivity (Wildman–Crippen MR) is 117 cm³/mol. The van der Waals surface area contributed by atoms with E-state index in [0.29, 0.717) is 19.7 Å². The number of benzene rings is 1. The van der Waals surface area contributed by atoms with Gasteiger partial charge in [-0.2, -0.15) is 5.10 Å². The average molecular weight is 478 g/mol. The van der Waals surface area contributed by atoms with E-state index in [1.807, 2.05) is 54.7 Å². The van der Waals surface area contributed by atoms with Gasteiger partial charge in [-0.25, -0.2) is 9.67 Å². The van der Waals surface area contributed by atoms with Crippen LogP contribution in [-0.4, -0.2) is 40.9 Å². The van der Waals surface area contributed by atoms with Gasteiger partial charge in [-0.3, -0.25) is 4.99 Å². The van der Waals surface area contributed by atoms with E-state index in [4.69, 9.17) is 4.74 Å². The minimum absolute atomic E-state index is 0. The minimum Gasteiger partial charge on any atom is -0.492 e. The lowest BCUT2D eigenvalue weighted by Gasteiger charge is -2.13. The maximum absolute atomic E-state index is 5.66. The lowest BCUT2D eigenvalue weighted by Crippen LogP contribution is -2.38. The first-order chi connectivity index (χ1) is 12.8. The molecule has 0 radical (unpaired) electrons. The van der Waals surface area contributed by atoms with Crippen molar-refractivity contribution in [3.05, 3.63) is 72.7 Å². The van der Waals surface area contributed by atoms with E-state index < -0.39 is 0 Å². The Morgan fingerprint density at radius 2 is 1.96 bits per heavy atom. The third-order valence-electron chi connectivity index (χ3n) is 3.64. The maximum Gasteiger partial charge on any atom is 0.191 e. The van der Waals surface area contributed by atoms with Crippen LogP contribution in [0.4, 0.5) is 0 Å². The van der Waals surface area contributed by atoms with Crippen molar-refractivity contribution in [2.24, 2.45) is 4.99 Å². The van der Waals surface area contributed by atoms with E-state index in [9.17, 15) is 0 Å². The molecule has 0 saturated heterocycles. The first-order valence-corrected chi connectivity index (χ1v) is 8.42. The van der Waals surface area contributed by atoms with Crippen LogP contribution in [-0.2, 0) is 6.54 Å². The van der Waals surface area contributed by atoms with Gasteiger partial charge in [0.25, 0.3) is 0 Å². The van der Waals surface area contributed by atoms with Gasteiger partial charge in [0.15, 0.2) is 11.8 Å². The van der Waals surface area contributed by atoms with Crippen molar-refractivity contribution in [3.8, 4) is 11.6 Å². The molecule has 2 N–H and O–H groups in total. The number of pyridine rings is 1. The number of ether oxygens (including phenoxy) is 1. The molecule has 0 fully saturated rings. The molecular formula is C19H23IN6O. The minimum atomic E-state index is 0. The molecule has 0 aliphatic rings. The van der Waals surface area contributed by atoms with Crippen molar-refractivity contribution in [1.82, 2.24) is 25.4 Å². The number of guanidine groups is 1. The van der Waals surface area contributed by atoms with Crippen LogP contribution >= 0.6 is 24.0 Å². The van der Waals surface area contributed by atoms with Gasteiger partial charge in [0.1, 0.15) is 12.4 Å². The van der Waals surface area contributed by atoms with E-state index >= 15 is 0 Å². The average Bonchev–Trinajstić information content (AvgIpc) is 3.23. The molecule has 2 heterocycles. The fourth-order valence-corrected chi connectivity index (χ4v) is 2.36. The van der Waals surface area contributed by atoms with Crippen LogP contribution < -0.4 is 15.4 Å². The van der Waals surface area contributed by atoms with E-state index in [1.54, 1.807) is 24.1 Å². The van der Waals surface area contributed by atoms with Gasteiger partial charge in [-0.05, 0) is 35.9 Å². The number of nitrogens with zero attached hydrogens (tertiary/aromatic N) is 4. The van der Waals surface area contributed by atoms with E-state index in [1.165, 1.54) is 0 Å². The van der Waals surface area contributed by atoms with Gasteiger partial charge >= 0.3 is 0 Å². The molecule has 2 aromatic heterocycles. The second-order valence-electron chi connectivity index (χ2n) is 5.49. The first-order valence-electron chi connectivity index (χ1n) is 8.42. The number of hydrogen-bond donors (Lipinski definition) is 2. The van der Waals surface area contributed by atoms with Crippen LogP contribution in [0.15, 0.2) is 72.1 Å². The second-order valence-corrected chi connectivity index (χ2v) is 5.49. The molecule has 8 heteroatoms. The molecule has 0 bridgehead atoms. The van der Waals surface area contributed by atoms with Gasteiger partial charge in [0.2, 0.25) is 0 Å². The summed E-state index contributed by atoms with van der Waals surface area (Å²) >= 11 is 0. The second kappa shape index (κ2) is 11.2. The van der Waals surface area contributed by atoms with Gasteiger partial charge in [-0.15, -0.1) is 24.0 Å². The maximum atomic E-state index is 5.66. The zero-order valence-corrected chi connectivity index (χ0v) is 17.4. The largest absolute Gasteiger partial charge is 0.492 e. The molecule has 0 amide bonds. The molecule has 3 rings (SSSR count). The van der Waals surface area contributed by atoms with Crippen LogP contribution in [0.1, 0.15) is 5.56 Å². The highest BCUT2D eigenvalue weighted by atomic mass is 127. The predicted octanol–water partition coefficient (Wildman–Crippen LogP) is 2.63. The highest BCUT2D eigenvalue weighted by Gasteiger charge is 2.02. The fraction of sp³-hybridized carbons (Fsp3) is 0.211. The summed E-state index contributed by atoms with van der Waals surface area (Å²) in [7, 11) is 1.75. The molecule has 7 nitrogen and oxygen atoms in total. The van der Waals surface area contributed by atoms with E-state index in [2.05, 4.69) is 25.7 Å². The standard InChI is InChI=1S/C19H22N6O.HI/c1-20-19(22-11-13-26-17-6-3-2-4-7-17)23-15-16-8-10-21-18(14-16)25-12-5-9-24-25;/h2-10,12,14H,11,13,15H2,1H3,(H2,20,22,23);1H. The van der Waals surface area contributed by atoms with Crippen molar-refractivity contribution in [3.63, 3.8) is 0 Å². The number of para-hydroxylation sites is 1. The van der Waals surface area contributed by atoms with E-state index in [-0.39, 0.29) is 24.0 Å². The van der Waals surface area contributed by atoms with Crippen molar-refractivity contribution < 1.29 is 4.74 Å². The molecule has 0 aliphatic carbocycles. The topological polar surface area (TPSA) is 76.4 Å². The summed E-state index contributed by atoms with van der Waals surface area (Å²) in [5.41, 5.74) is 1.09. The normalized spacial score (nSPS) is 10.8. The highest BCUT2D eigenvalue weighted by molar-refractivity contribution is 14.0. The number of aliphatic imine (C=N–C) groups is 1. The molecule has 0 saturated carbocycles. The summed E-state index contributed by atoms with van der Waals surface area (Å²) in [5, 5.41) is 10.7.